The van der Waals surface area contributed by atoms with Crippen LogP contribution in [0.4, 0.5) is 5.69 Å². The normalized spacial score (nSPS) is 11.0. The third-order valence-corrected chi connectivity index (χ3v) is 4.36. The summed E-state index contributed by atoms with van der Waals surface area (Å²) < 4.78 is 16.3. The van der Waals surface area contributed by atoms with Crippen LogP contribution in [-0.2, 0) is 4.79 Å². The number of halogens is 1. The first-order valence-corrected chi connectivity index (χ1v) is 9.28. The van der Waals surface area contributed by atoms with E-state index in [9.17, 15) is 10.1 Å². The van der Waals surface area contributed by atoms with E-state index in [4.69, 9.17) is 25.8 Å². The second kappa shape index (κ2) is 9.85. The highest BCUT2D eigenvalue weighted by atomic mass is 35.5. The van der Waals surface area contributed by atoms with Gasteiger partial charge in [0.05, 0.1) is 26.0 Å². The van der Waals surface area contributed by atoms with E-state index < -0.39 is 5.91 Å². The van der Waals surface area contributed by atoms with E-state index in [1.54, 1.807) is 30.3 Å². The van der Waals surface area contributed by atoms with Crippen molar-refractivity contribution >= 4 is 29.3 Å². The number of carbonyl (C=O) groups is 1. The Morgan fingerprint density at radius 3 is 2.41 bits per heavy atom. The second-order valence-electron chi connectivity index (χ2n) is 6.50. The van der Waals surface area contributed by atoms with Gasteiger partial charge in [-0.1, -0.05) is 17.7 Å². The number of nitriles is 1. The van der Waals surface area contributed by atoms with Gasteiger partial charge in [0.15, 0.2) is 11.5 Å². The Kier molecular flexibility index (Phi) is 7.52. The van der Waals surface area contributed by atoms with E-state index in [1.165, 1.54) is 20.3 Å². The number of amides is 1. The fourth-order valence-electron chi connectivity index (χ4n) is 2.56. The molecule has 0 atom stereocenters. The lowest BCUT2D eigenvalue weighted by Crippen LogP contribution is -2.14. The van der Waals surface area contributed by atoms with E-state index in [2.05, 4.69) is 5.32 Å². The van der Waals surface area contributed by atoms with Crippen LogP contribution in [0.25, 0.3) is 6.08 Å². The number of benzene rings is 2. The van der Waals surface area contributed by atoms with Crippen LogP contribution in [0.1, 0.15) is 25.0 Å². The number of hydrogen-bond donors (Lipinski definition) is 1. The summed E-state index contributed by atoms with van der Waals surface area (Å²) in [5, 5.41) is 12.7. The number of hydrogen-bond acceptors (Lipinski definition) is 5. The summed E-state index contributed by atoms with van der Waals surface area (Å²) in [6.07, 6.45) is 1.47. The van der Waals surface area contributed by atoms with E-state index in [0.29, 0.717) is 33.5 Å². The van der Waals surface area contributed by atoms with Crippen molar-refractivity contribution in [1.82, 2.24) is 0 Å². The fraction of sp³-hybridized carbons (Fsp3) is 0.273. The van der Waals surface area contributed by atoms with Crippen LogP contribution in [0.15, 0.2) is 35.9 Å². The number of methoxy groups -OCH3 is 2. The van der Waals surface area contributed by atoms with Crippen molar-refractivity contribution in [2.45, 2.75) is 26.9 Å². The maximum atomic E-state index is 12.6. The molecule has 2 aromatic carbocycles. The molecule has 0 radical (unpaired) electrons. The molecule has 152 valence electrons. The van der Waals surface area contributed by atoms with Crippen molar-refractivity contribution in [3.63, 3.8) is 0 Å². The van der Waals surface area contributed by atoms with Crippen LogP contribution in [0.2, 0.25) is 5.02 Å². The Morgan fingerprint density at radius 2 is 1.83 bits per heavy atom. The summed E-state index contributed by atoms with van der Waals surface area (Å²) in [7, 11) is 3.01. The molecule has 7 heteroatoms. The van der Waals surface area contributed by atoms with E-state index >= 15 is 0 Å². The zero-order chi connectivity index (χ0) is 21.6. The number of rotatable bonds is 7. The minimum absolute atomic E-state index is 0.0106. The number of anilines is 1. The largest absolute Gasteiger partial charge is 0.495 e. The number of carbonyl (C=O) groups excluding carboxylic acids is 1. The summed E-state index contributed by atoms with van der Waals surface area (Å²) in [4.78, 5) is 12.6. The molecule has 0 aromatic heterocycles. The van der Waals surface area contributed by atoms with Gasteiger partial charge in [-0.15, -0.1) is 0 Å². The first-order chi connectivity index (χ1) is 13.8. The SMILES string of the molecule is COc1cc(Cl)c(C)cc1NC(=O)/C(C#N)=C/c1ccc(OC(C)C)c(OC)c1. The molecule has 2 aromatic rings. The molecule has 0 aliphatic rings. The van der Waals surface area contributed by atoms with E-state index in [0.717, 1.165) is 5.56 Å². The molecule has 0 aliphatic carbocycles. The summed E-state index contributed by atoms with van der Waals surface area (Å²) in [5.41, 5.74) is 1.76. The Morgan fingerprint density at radius 1 is 1.14 bits per heavy atom. The maximum Gasteiger partial charge on any atom is 0.266 e. The van der Waals surface area contributed by atoms with Crippen LogP contribution in [0.3, 0.4) is 0 Å². The molecule has 1 amide bonds. The predicted octanol–water partition coefficient (Wildman–Crippen LogP) is 5.00. The van der Waals surface area contributed by atoms with Gasteiger partial charge >= 0.3 is 0 Å². The van der Waals surface area contributed by atoms with Crippen LogP contribution in [0.5, 0.6) is 17.2 Å². The Labute approximate surface area is 175 Å². The van der Waals surface area contributed by atoms with Gasteiger partial charge in [-0.05, 0) is 56.2 Å². The van der Waals surface area contributed by atoms with Crippen molar-refractivity contribution in [1.29, 1.82) is 5.26 Å². The Balaban J connectivity index is 2.31. The standard InChI is InChI=1S/C22H23ClN2O4/c1-13(2)29-19-7-6-15(10-21(19)28-5)9-16(12-24)22(26)25-18-8-14(3)17(23)11-20(18)27-4/h6-11,13H,1-5H3,(H,25,26)/b16-9+. The first kappa shape index (κ1) is 22.1. The highest BCUT2D eigenvalue weighted by Crippen LogP contribution is 2.32. The van der Waals surface area contributed by atoms with Crippen molar-refractivity contribution in [2.24, 2.45) is 0 Å². The molecule has 0 aliphatic heterocycles. The zero-order valence-corrected chi connectivity index (χ0v) is 17.8. The van der Waals surface area contributed by atoms with Gasteiger partial charge in [-0.25, -0.2) is 0 Å². The molecule has 0 heterocycles. The highest BCUT2D eigenvalue weighted by Gasteiger charge is 2.15. The topological polar surface area (TPSA) is 80.6 Å². The van der Waals surface area contributed by atoms with Crippen molar-refractivity contribution in [2.75, 3.05) is 19.5 Å². The van der Waals surface area contributed by atoms with Crippen molar-refractivity contribution in [3.05, 3.63) is 52.1 Å². The van der Waals surface area contributed by atoms with Gasteiger partial charge < -0.3 is 19.5 Å². The monoisotopic (exact) mass is 414 g/mol. The summed E-state index contributed by atoms with van der Waals surface area (Å²) in [6.45, 7) is 5.64. The zero-order valence-electron chi connectivity index (χ0n) is 17.0. The minimum atomic E-state index is -0.561. The lowest BCUT2D eigenvalue weighted by molar-refractivity contribution is -0.112. The molecular weight excluding hydrogens is 392 g/mol. The van der Waals surface area contributed by atoms with Crippen LogP contribution in [0, 0.1) is 18.3 Å². The molecule has 0 unspecified atom stereocenters. The third-order valence-electron chi connectivity index (χ3n) is 3.96. The lowest BCUT2D eigenvalue weighted by atomic mass is 10.1. The molecule has 6 nitrogen and oxygen atoms in total. The van der Waals surface area contributed by atoms with Crippen molar-refractivity contribution in [3.8, 4) is 23.3 Å². The fourth-order valence-corrected chi connectivity index (χ4v) is 2.71. The smallest absolute Gasteiger partial charge is 0.266 e. The molecule has 1 N–H and O–H groups in total. The molecule has 2 rings (SSSR count). The minimum Gasteiger partial charge on any atom is -0.495 e. The Hall–Kier alpha value is -3.17. The summed E-state index contributed by atoms with van der Waals surface area (Å²) in [5.74, 6) is 0.946. The third kappa shape index (κ3) is 5.66. The first-order valence-electron chi connectivity index (χ1n) is 8.91. The average molecular weight is 415 g/mol. The molecule has 0 fully saturated rings. The lowest BCUT2D eigenvalue weighted by Gasteiger charge is -2.14. The second-order valence-corrected chi connectivity index (χ2v) is 6.91. The van der Waals surface area contributed by atoms with Crippen molar-refractivity contribution < 1.29 is 19.0 Å². The van der Waals surface area contributed by atoms with Gasteiger partial charge in [0.2, 0.25) is 0 Å². The number of nitrogens with zero attached hydrogens (tertiary/aromatic N) is 1. The molecule has 0 saturated carbocycles. The van der Waals surface area contributed by atoms with Gasteiger partial charge in [-0.2, -0.15) is 5.26 Å². The predicted molar refractivity (Wildman–Crippen MR) is 114 cm³/mol. The van der Waals surface area contributed by atoms with Gasteiger partial charge in [0.1, 0.15) is 17.4 Å². The number of nitrogens with one attached hydrogen (secondary N) is 1. The molecule has 0 spiro atoms. The molecular formula is C22H23ClN2O4. The van der Waals surface area contributed by atoms with Gasteiger partial charge in [0, 0.05) is 11.1 Å². The number of ether oxygens (including phenoxy) is 3. The van der Waals surface area contributed by atoms with E-state index in [-0.39, 0.29) is 11.7 Å². The molecule has 0 saturated heterocycles. The summed E-state index contributed by atoms with van der Waals surface area (Å²) >= 11 is 6.09. The van der Waals surface area contributed by atoms with Gasteiger partial charge in [-0.3, -0.25) is 4.79 Å². The maximum absolute atomic E-state index is 12.6. The molecule has 0 bridgehead atoms. The highest BCUT2D eigenvalue weighted by molar-refractivity contribution is 6.31. The Bertz CT molecular complexity index is 978. The average Bonchev–Trinajstić information content (AvgIpc) is 2.69. The van der Waals surface area contributed by atoms with Gasteiger partial charge in [0.25, 0.3) is 5.91 Å². The van der Waals surface area contributed by atoms with Crippen LogP contribution >= 0.6 is 11.6 Å². The quantitative estimate of drug-likeness (QED) is 0.509. The van der Waals surface area contributed by atoms with Crippen LogP contribution in [-0.4, -0.2) is 26.2 Å². The van der Waals surface area contributed by atoms with E-state index in [1.807, 2.05) is 26.8 Å². The number of aryl methyl sites for hydroxylation is 1. The molecule has 29 heavy (non-hydrogen) atoms. The van der Waals surface area contributed by atoms with Crippen LogP contribution < -0.4 is 19.5 Å². The summed E-state index contributed by atoms with van der Waals surface area (Å²) in [6, 6.07) is 10.4.